The second-order valence-electron chi connectivity index (χ2n) is 6.60. The molecule has 1 aliphatic rings. The van der Waals surface area contributed by atoms with Gasteiger partial charge < -0.3 is 14.6 Å². The number of aromatic nitrogens is 1. The smallest absolute Gasteiger partial charge is 0.339 e. The van der Waals surface area contributed by atoms with Gasteiger partial charge >= 0.3 is 5.97 Å². The minimum absolute atomic E-state index is 0.148. The molecule has 0 spiro atoms. The van der Waals surface area contributed by atoms with Crippen molar-refractivity contribution in [3.8, 4) is 0 Å². The third-order valence-corrected chi connectivity index (χ3v) is 4.78. The number of para-hydroxylation sites is 1. The molecule has 6 heteroatoms. The van der Waals surface area contributed by atoms with Crippen LogP contribution in [0.15, 0.2) is 35.1 Å². The molecule has 2 atom stereocenters. The number of fused-ring (bicyclic) bond motifs is 1. The number of likely N-dealkylation sites (tertiary alicyclic amines) is 1. The zero-order chi connectivity index (χ0) is 18.0. The van der Waals surface area contributed by atoms with Crippen LogP contribution in [-0.4, -0.2) is 40.5 Å². The summed E-state index contributed by atoms with van der Waals surface area (Å²) in [7, 11) is 0. The zero-order valence-electron chi connectivity index (χ0n) is 14.5. The number of ether oxygens (including phenoxy) is 1. The number of hydrogen-bond donors (Lipinski definition) is 1. The standard InChI is InChI=1S/C19H22N2O4/c1-12-6-5-7-13(2)21(12)18(23)11-25-19(24)15-10-17(22)20-16-9-4-3-8-14(15)16/h3-4,8-10,12-13H,5-7,11H2,1-2H3,(H,20,22)/t12-,13-/m1/s1. The van der Waals surface area contributed by atoms with E-state index < -0.39 is 5.97 Å². The van der Waals surface area contributed by atoms with Crippen LogP contribution in [0.5, 0.6) is 0 Å². The lowest BCUT2D eigenvalue weighted by Gasteiger charge is -2.38. The molecule has 1 aromatic carbocycles. The number of esters is 1. The largest absolute Gasteiger partial charge is 0.452 e. The summed E-state index contributed by atoms with van der Waals surface area (Å²) in [5.74, 6) is -0.852. The summed E-state index contributed by atoms with van der Waals surface area (Å²) < 4.78 is 5.22. The Balaban J connectivity index is 1.75. The topological polar surface area (TPSA) is 79.5 Å². The fourth-order valence-corrected chi connectivity index (χ4v) is 3.57. The number of piperidine rings is 1. The van der Waals surface area contributed by atoms with Crippen LogP contribution in [0, 0.1) is 0 Å². The van der Waals surface area contributed by atoms with Crippen molar-refractivity contribution in [1.82, 2.24) is 9.88 Å². The fraction of sp³-hybridized carbons (Fsp3) is 0.421. The van der Waals surface area contributed by atoms with Gasteiger partial charge in [-0.05, 0) is 39.2 Å². The first-order valence-electron chi connectivity index (χ1n) is 8.57. The average molecular weight is 342 g/mol. The number of H-pyrrole nitrogens is 1. The van der Waals surface area contributed by atoms with Gasteiger partial charge in [-0.15, -0.1) is 0 Å². The summed E-state index contributed by atoms with van der Waals surface area (Å²) in [5, 5.41) is 0.597. The number of rotatable bonds is 3. The molecule has 3 rings (SSSR count). The van der Waals surface area contributed by atoms with Gasteiger partial charge in [0.25, 0.3) is 5.91 Å². The van der Waals surface area contributed by atoms with Gasteiger partial charge in [0, 0.05) is 29.1 Å². The van der Waals surface area contributed by atoms with E-state index in [2.05, 4.69) is 4.98 Å². The van der Waals surface area contributed by atoms with Gasteiger partial charge in [0.1, 0.15) is 0 Å². The highest BCUT2D eigenvalue weighted by Crippen LogP contribution is 2.22. The van der Waals surface area contributed by atoms with Crippen LogP contribution in [0.4, 0.5) is 0 Å². The Morgan fingerprint density at radius 1 is 1.20 bits per heavy atom. The first kappa shape index (κ1) is 17.2. The lowest BCUT2D eigenvalue weighted by atomic mass is 9.97. The molecule has 0 aliphatic carbocycles. The van der Waals surface area contributed by atoms with Gasteiger partial charge in [-0.2, -0.15) is 0 Å². The molecule has 2 heterocycles. The van der Waals surface area contributed by atoms with Gasteiger partial charge in [0.15, 0.2) is 6.61 Å². The van der Waals surface area contributed by atoms with Crippen LogP contribution in [0.2, 0.25) is 0 Å². The highest BCUT2D eigenvalue weighted by Gasteiger charge is 2.29. The Kier molecular flexibility index (Phi) is 4.88. The highest BCUT2D eigenvalue weighted by molar-refractivity contribution is 6.03. The zero-order valence-corrected chi connectivity index (χ0v) is 14.5. The number of hydrogen-bond acceptors (Lipinski definition) is 4. The van der Waals surface area contributed by atoms with Gasteiger partial charge in [0.05, 0.1) is 5.56 Å². The molecule has 0 saturated carbocycles. The lowest BCUT2D eigenvalue weighted by Crippen LogP contribution is -2.49. The van der Waals surface area contributed by atoms with Crippen LogP contribution in [-0.2, 0) is 9.53 Å². The first-order valence-corrected chi connectivity index (χ1v) is 8.57. The third kappa shape index (κ3) is 3.57. The lowest BCUT2D eigenvalue weighted by molar-refractivity contribution is -0.140. The molecule has 1 aromatic heterocycles. The molecule has 1 amide bonds. The van der Waals surface area contributed by atoms with Gasteiger partial charge in [0.2, 0.25) is 5.56 Å². The summed E-state index contributed by atoms with van der Waals surface area (Å²) in [4.78, 5) is 41.1. The number of pyridine rings is 1. The summed E-state index contributed by atoms with van der Waals surface area (Å²) in [6.07, 6.45) is 3.02. The van der Waals surface area contributed by atoms with Crippen molar-refractivity contribution >= 4 is 22.8 Å². The Bertz CT molecular complexity index is 848. The van der Waals surface area contributed by atoms with Crippen molar-refractivity contribution in [2.24, 2.45) is 0 Å². The number of benzene rings is 1. The predicted octanol–water partition coefficient (Wildman–Crippen LogP) is 2.47. The van der Waals surface area contributed by atoms with Crippen LogP contribution >= 0.6 is 0 Å². The molecule has 0 radical (unpaired) electrons. The van der Waals surface area contributed by atoms with Crippen molar-refractivity contribution in [1.29, 1.82) is 0 Å². The molecule has 132 valence electrons. The molecule has 1 N–H and O–H groups in total. The average Bonchev–Trinajstić information content (AvgIpc) is 2.58. The Labute approximate surface area is 145 Å². The summed E-state index contributed by atoms with van der Waals surface area (Å²) in [5.41, 5.74) is 0.355. The summed E-state index contributed by atoms with van der Waals surface area (Å²) in [6.45, 7) is 3.72. The van der Waals surface area contributed by atoms with Gasteiger partial charge in [-0.3, -0.25) is 9.59 Å². The quantitative estimate of drug-likeness (QED) is 0.869. The molecule has 1 fully saturated rings. The van der Waals surface area contributed by atoms with E-state index in [1.54, 1.807) is 29.2 Å². The summed E-state index contributed by atoms with van der Waals surface area (Å²) >= 11 is 0. The second-order valence-corrected chi connectivity index (χ2v) is 6.60. The van der Waals surface area contributed by atoms with Crippen molar-refractivity contribution in [2.45, 2.75) is 45.2 Å². The van der Waals surface area contributed by atoms with E-state index in [-0.39, 0.29) is 35.7 Å². The van der Waals surface area contributed by atoms with Crippen LogP contribution in [0.1, 0.15) is 43.5 Å². The Morgan fingerprint density at radius 2 is 1.88 bits per heavy atom. The number of nitrogens with one attached hydrogen (secondary N) is 1. The fourth-order valence-electron chi connectivity index (χ4n) is 3.57. The molecule has 25 heavy (non-hydrogen) atoms. The van der Waals surface area contributed by atoms with E-state index in [1.165, 1.54) is 6.07 Å². The highest BCUT2D eigenvalue weighted by atomic mass is 16.5. The molecule has 1 saturated heterocycles. The predicted molar refractivity (Wildman–Crippen MR) is 94.5 cm³/mol. The molecule has 0 unspecified atom stereocenters. The minimum Gasteiger partial charge on any atom is -0.452 e. The number of carbonyl (C=O) groups is 2. The maximum absolute atomic E-state index is 12.5. The maximum Gasteiger partial charge on any atom is 0.339 e. The first-order chi connectivity index (χ1) is 12.0. The van der Waals surface area contributed by atoms with Crippen molar-refractivity contribution < 1.29 is 14.3 Å². The van der Waals surface area contributed by atoms with Gasteiger partial charge in [-0.25, -0.2) is 4.79 Å². The monoisotopic (exact) mass is 342 g/mol. The molecule has 6 nitrogen and oxygen atoms in total. The number of amides is 1. The van der Waals surface area contributed by atoms with Crippen LogP contribution < -0.4 is 5.56 Å². The normalized spacial score (nSPS) is 20.5. The van der Waals surface area contributed by atoms with E-state index in [0.29, 0.717) is 10.9 Å². The van der Waals surface area contributed by atoms with Crippen LogP contribution in [0.25, 0.3) is 10.9 Å². The van der Waals surface area contributed by atoms with E-state index in [4.69, 9.17) is 4.74 Å². The second kappa shape index (κ2) is 7.09. The minimum atomic E-state index is -0.659. The van der Waals surface area contributed by atoms with Crippen molar-refractivity contribution in [3.05, 3.63) is 46.2 Å². The number of aromatic amines is 1. The van der Waals surface area contributed by atoms with Crippen LogP contribution in [0.3, 0.4) is 0 Å². The molecular formula is C19H22N2O4. The molecule has 2 aromatic rings. The van der Waals surface area contributed by atoms with E-state index >= 15 is 0 Å². The SMILES string of the molecule is C[C@@H]1CCC[C@@H](C)N1C(=O)COC(=O)c1cc(=O)[nH]c2ccccc12. The summed E-state index contributed by atoms with van der Waals surface area (Å²) in [6, 6.07) is 8.51. The number of carbonyl (C=O) groups excluding carboxylic acids is 2. The van der Waals surface area contributed by atoms with Gasteiger partial charge in [-0.1, -0.05) is 18.2 Å². The molecule has 1 aliphatic heterocycles. The maximum atomic E-state index is 12.5. The molecular weight excluding hydrogens is 320 g/mol. The van der Waals surface area contributed by atoms with Crippen molar-refractivity contribution in [3.63, 3.8) is 0 Å². The van der Waals surface area contributed by atoms with E-state index in [9.17, 15) is 14.4 Å². The Hall–Kier alpha value is -2.63. The third-order valence-electron chi connectivity index (χ3n) is 4.78. The van der Waals surface area contributed by atoms with Crippen molar-refractivity contribution in [2.75, 3.05) is 6.61 Å². The molecule has 0 bridgehead atoms. The Morgan fingerprint density at radius 3 is 2.60 bits per heavy atom. The van der Waals surface area contributed by atoms with E-state index in [1.807, 2.05) is 13.8 Å². The van der Waals surface area contributed by atoms with E-state index in [0.717, 1.165) is 19.3 Å². The number of nitrogens with zero attached hydrogens (tertiary/aromatic N) is 1.